The monoisotopic (exact) mass is 274 g/mol. The summed E-state index contributed by atoms with van der Waals surface area (Å²) in [7, 11) is -3.06. The van der Waals surface area contributed by atoms with Gasteiger partial charge < -0.3 is 5.32 Å². The van der Waals surface area contributed by atoms with E-state index in [2.05, 4.69) is 10.0 Å². The van der Waals surface area contributed by atoms with Crippen LogP contribution in [0.15, 0.2) is 0 Å². The molecule has 18 heavy (non-hydrogen) atoms. The maximum Gasteiger partial charge on any atom is 0.211 e. The van der Waals surface area contributed by atoms with E-state index >= 15 is 0 Å². The van der Waals surface area contributed by atoms with Crippen LogP contribution >= 0.6 is 0 Å². The molecular weight excluding hydrogens is 248 g/mol. The van der Waals surface area contributed by atoms with Gasteiger partial charge in [-0.1, -0.05) is 6.42 Å². The molecule has 5 heteroatoms. The van der Waals surface area contributed by atoms with Crippen LogP contribution in [-0.4, -0.2) is 32.8 Å². The second-order valence-corrected chi connectivity index (χ2v) is 7.73. The summed E-state index contributed by atoms with van der Waals surface area (Å²) in [5, 5.41) is 3.40. The standard InChI is InChI=1S/C13H26N2O2S/c1-11(12-5-4-6-12)15-18(16,17)10-3-2-9-14-13-7-8-13/h11-15H,2-10H2,1H3. The molecule has 2 saturated carbocycles. The largest absolute Gasteiger partial charge is 0.314 e. The first-order valence-electron chi connectivity index (χ1n) is 7.30. The fourth-order valence-electron chi connectivity index (χ4n) is 2.39. The summed E-state index contributed by atoms with van der Waals surface area (Å²) in [5.41, 5.74) is 0. The topological polar surface area (TPSA) is 58.2 Å². The molecule has 1 unspecified atom stereocenters. The molecule has 0 aromatic rings. The Morgan fingerprint density at radius 1 is 1.17 bits per heavy atom. The lowest BCUT2D eigenvalue weighted by atomic mass is 9.81. The minimum Gasteiger partial charge on any atom is -0.314 e. The lowest BCUT2D eigenvalue weighted by Crippen LogP contribution is -2.41. The van der Waals surface area contributed by atoms with Gasteiger partial charge in [-0.15, -0.1) is 0 Å². The Hall–Kier alpha value is -0.130. The molecule has 0 aromatic heterocycles. The van der Waals surface area contributed by atoms with E-state index in [9.17, 15) is 8.42 Å². The van der Waals surface area contributed by atoms with Crippen molar-refractivity contribution in [3.05, 3.63) is 0 Å². The highest BCUT2D eigenvalue weighted by molar-refractivity contribution is 7.89. The quantitative estimate of drug-likeness (QED) is 0.628. The van der Waals surface area contributed by atoms with Crippen molar-refractivity contribution in [1.82, 2.24) is 10.0 Å². The molecule has 0 radical (unpaired) electrons. The Morgan fingerprint density at radius 2 is 1.89 bits per heavy atom. The second kappa shape index (κ2) is 6.35. The van der Waals surface area contributed by atoms with Crippen LogP contribution in [0.25, 0.3) is 0 Å². The highest BCUT2D eigenvalue weighted by Crippen LogP contribution is 2.29. The van der Waals surface area contributed by atoms with Gasteiger partial charge in [0, 0.05) is 12.1 Å². The van der Waals surface area contributed by atoms with Gasteiger partial charge in [0.25, 0.3) is 0 Å². The van der Waals surface area contributed by atoms with Crippen LogP contribution < -0.4 is 10.0 Å². The minimum absolute atomic E-state index is 0.119. The first-order chi connectivity index (χ1) is 8.57. The van der Waals surface area contributed by atoms with Crippen molar-refractivity contribution in [3.8, 4) is 0 Å². The number of hydrogen-bond acceptors (Lipinski definition) is 3. The van der Waals surface area contributed by atoms with E-state index < -0.39 is 10.0 Å². The predicted molar refractivity (Wildman–Crippen MR) is 74.0 cm³/mol. The molecule has 2 aliphatic rings. The summed E-state index contributed by atoms with van der Waals surface area (Å²) in [5.74, 6) is 0.840. The molecule has 2 rings (SSSR count). The summed E-state index contributed by atoms with van der Waals surface area (Å²) in [4.78, 5) is 0. The van der Waals surface area contributed by atoms with E-state index in [-0.39, 0.29) is 11.8 Å². The Kier molecular flexibility index (Phi) is 5.04. The van der Waals surface area contributed by atoms with Gasteiger partial charge in [-0.25, -0.2) is 13.1 Å². The zero-order valence-electron chi connectivity index (χ0n) is 11.3. The van der Waals surface area contributed by atoms with Gasteiger partial charge in [-0.05, 0) is 57.9 Å². The maximum absolute atomic E-state index is 11.9. The Bertz CT molecular complexity index is 348. The number of hydrogen-bond donors (Lipinski definition) is 2. The van der Waals surface area contributed by atoms with Crippen LogP contribution in [0.5, 0.6) is 0 Å². The van der Waals surface area contributed by atoms with Gasteiger partial charge in [0.05, 0.1) is 5.75 Å². The number of rotatable bonds is 9. The summed E-state index contributed by atoms with van der Waals surface area (Å²) in [6.45, 7) is 2.95. The van der Waals surface area contributed by atoms with Crippen molar-refractivity contribution in [2.45, 2.75) is 64.0 Å². The summed E-state index contributed by atoms with van der Waals surface area (Å²) in [6, 6.07) is 0.840. The van der Waals surface area contributed by atoms with Crippen molar-refractivity contribution in [2.75, 3.05) is 12.3 Å². The first-order valence-corrected chi connectivity index (χ1v) is 8.95. The van der Waals surface area contributed by atoms with E-state index in [4.69, 9.17) is 0 Å². The van der Waals surface area contributed by atoms with Crippen LogP contribution in [0.3, 0.4) is 0 Å². The smallest absolute Gasteiger partial charge is 0.211 e. The molecular formula is C13H26N2O2S. The Balaban J connectivity index is 1.56. The molecule has 4 nitrogen and oxygen atoms in total. The van der Waals surface area contributed by atoms with Crippen molar-refractivity contribution in [1.29, 1.82) is 0 Å². The maximum atomic E-state index is 11.9. The third-order valence-corrected chi connectivity index (χ3v) is 5.63. The lowest BCUT2D eigenvalue weighted by molar-refractivity contribution is 0.260. The van der Waals surface area contributed by atoms with Gasteiger partial charge in [-0.2, -0.15) is 0 Å². The van der Waals surface area contributed by atoms with Crippen LogP contribution in [-0.2, 0) is 10.0 Å². The van der Waals surface area contributed by atoms with Crippen LogP contribution in [0.4, 0.5) is 0 Å². The fourth-order valence-corrected chi connectivity index (χ4v) is 3.85. The van der Waals surface area contributed by atoms with Crippen LogP contribution in [0.1, 0.15) is 51.9 Å². The van der Waals surface area contributed by atoms with E-state index in [0.717, 1.165) is 25.4 Å². The predicted octanol–water partition coefficient (Wildman–Crippen LogP) is 1.63. The van der Waals surface area contributed by atoms with Gasteiger partial charge in [-0.3, -0.25) is 0 Å². The summed E-state index contributed by atoms with van der Waals surface area (Å²) < 4.78 is 26.5. The van der Waals surface area contributed by atoms with Crippen molar-refractivity contribution in [3.63, 3.8) is 0 Å². The Labute approximate surface area is 111 Å². The molecule has 2 fully saturated rings. The lowest BCUT2D eigenvalue weighted by Gasteiger charge is -2.31. The molecule has 0 amide bonds. The van der Waals surface area contributed by atoms with Crippen molar-refractivity contribution < 1.29 is 8.42 Å². The average molecular weight is 274 g/mol. The summed E-state index contributed by atoms with van der Waals surface area (Å²) >= 11 is 0. The van der Waals surface area contributed by atoms with Crippen LogP contribution in [0, 0.1) is 5.92 Å². The summed E-state index contributed by atoms with van der Waals surface area (Å²) in [6.07, 6.45) is 7.90. The highest BCUT2D eigenvalue weighted by Gasteiger charge is 2.26. The van der Waals surface area contributed by atoms with Crippen molar-refractivity contribution in [2.24, 2.45) is 5.92 Å². The number of unbranched alkanes of at least 4 members (excludes halogenated alkanes) is 1. The molecule has 0 saturated heterocycles. The van der Waals surface area contributed by atoms with Gasteiger partial charge >= 0.3 is 0 Å². The van der Waals surface area contributed by atoms with E-state index in [1.165, 1.54) is 32.1 Å². The SMILES string of the molecule is CC(NS(=O)(=O)CCCCNC1CC1)C1CCC1. The van der Waals surface area contributed by atoms with E-state index in [1.807, 2.05) is 6.92 Å². The van der Waals surface area contributed by atoms with E-state index in [1.54, 1.807) is 0 Å². The second-order valence-electron chi connectivity index (χ2n) is 5.85. The van der Waals surface area contributed by atoms with Gasteiger partial charge in [0.2, 0.25) is 10.0 Å². The molecule has 2 N–H and O–H groups in total. The third-order valence-electron chi connectivity index (χ3n) is 4.07. The number of sulfonamides is 1. The average Bonchev–Trinajstić information content (AvgIpc) is 2.96. The van der Waals surface area contributed by atoms with Gasteiger partial charge in [0.15, 0.2) is 0 Å². The Morgan fingerprint density at radius 3 is 2.44 bits per heavy atom. The zero-order valence-corrected chi connectivity index (χ0v) is 12.1. The fraction of sp³-hybridized carbons (Fsp3) is 1.00. The molecule has 2 aliphatic carbocycles. The van der Waals surface area contributed by atoms with Crippen molar-refractivity contribution >= 4 is 10.0 Å². The molecule has 0 spiro atoms. The van der Waals surface area contributed by atoms with Gasteiger partial charge in [0.1, 0.15) is 0 Å². The molecule has 106 valence electrons. The zero-order chi connectivity index (χ0) is 13.0. The highest BCUT2D eigenvalue weighted by atomic mass is 32.2. The first kappa shape index (κ1) is 14.3. The number of nitrogens with one attached hydrogen (secondary N) is 2. The van der Waals surface area contributed by atoms with E-state index in [0.29, 0.717) is 5.92 Å². The molecule has 0 aromatic carbocycles. The minimum atomic E-state index is -3.06. The van der Waals surface area contributed by atoms with Crippen LogP contribution in [0.2, 0.25) is 0 Å². The molecule has 0 aliphatic heterocycles. The molecule has 0 heterocycles. The third kappa shape index (κ3) is 4.86. The molecule has 0 bridgehead atoms. The normalized spacial score (nSPS) is 22.7. The molecule has 1 atom stereocenters.